The Morgan fingerprint density at radius 3 is 2.78 bits per heavy atom. The van der Waals surface area contributed by atoms with E-state index in [0.29, 0.717) is 48.6 Å². The predicted octanol–water partition coefficient (Wildman–Crippen LogP) is 4.63. The van der Waals surface area contributed by atoms with Crippen LogP contribution in [-0.4, -0.2) is 64.0 Å². The molecule has 0 radical (unpaired) electrons. The third-order valence-corrected chi connectivity index (χ3v) is 8.02. The van der Waals surface area contributed by atoms with Crippen molar-refractivity contribution in [2.75, 3.05) is 31.6 Å². The topological polar surface area (TPSA) is 85.2 Å². The Morgan fingerprint density at radius 1 is 1.39 bits per heavy atom. The van der Waals surface area contributed by atoms with Crippen molar-refractivity contribution >= 4 is 64.0 Å². The van der Waals surface area contributed by atoms with E-state index in [1.54, 1.807) is 16.7 Å². The molecule has 0 saturated heterocycles. The van der Waals surface area contributed by atoms with Gasteiger partial charge < -0.3 is 14.9 Å². The van der Waals surface area contributed by atoms with Gasteiger partial charge in [0.25, 0.3) is 0 Å². The van der Waals surface area contributed by atoms with Crippen molar-refractivity contribution in [3.8, 4) is 0 Å². The number of allylic oxidation sites excluding steroid dienone is 2. The number of anilines is 2. The number of fused-ring (bicyclic) bond motifs is 1. The Morgan fingerprint density at radius 2 is 2.14 bits per heavy atom. The number of halogens is 6. The molecule has 1 aliphatic heterocycles. The third-order valence-electron chi connectivity index (χ3n) is 5.28. The van der Waals surface area contributed by atoms with Crippen molar-refractivity contribution in [2.24, 2.45) is 5.10 Å². The van der Waals surface area contributed by atoms with Gasteiger partial charge in [0.15, 0.2) is 6.29 Å². The number of hydrogen-bond acceptors (Lipinski definition) is 8. The molecule has 3 rings (SSSR count). The number of aliphatic hydroxyl groups is 1. The molecule has 1 N–H and O–H groups in total. The molecule has 0 amide bonds. The van der Waals surface area contributed by atoms with Gasteiger partial charge in [0.2, 0.25) is 0 Å². The molecule has 0 fully saturated rings. The number of aromatic nitrogens is 2. The predicted molar refractivity (Wildman–Crippen MR) is 139 cm³/mol. The van der Waals surface area contributed by atoms with Crippen LogP contribution in [0.4, 0.5) is 29.1 Å². The van der Waals surface area contributed by atoms with Gasteiger partial charge in [-0.25, -0.2) is 14.4 Å². The van der Waals surface area contributed by atoms with E-state index in [-0.39, 0.29) is 29.6 Å². The summed E-state index contributed by atoms with van der Waals surface area (Å²) in [6.45, 7) is -0.143. The molecule has 15 heteroatoms. The molecule has 0 spiro atoms. The number of alkyl halides is 3. The Labute approximate surface area is 224 Å². The molecule has 1 aromatic heterocycles. The maximum Gasteiger partial charge on any atom is 0.418 e. The zero-order chi connectivity index (χ0) is 26.5. The molecule has 2 heterocycles. The normalized spacial score (nSPS) is 14.8. The van der Waals surface area contributed by atoms with Gasteiger partial charge >= 0.3 is 6.18 Å². The summed E-state index contributed by atoms with van der Waals surface area (Å²) in [5, 5.41) is 13.8. The van der Waals surface area contributed by atoms with Gasteiger partial charge in [0.1, 0.15) is 23.0 Å². The summed E-state index contributed by atoms with van der Waals surface area (Å²) in [6, 6.07) is 2.36. The lowest BCUT2D eigenvalue weighted by molar-refractivity contribution is -0.137. The lowest BCUT2D eigenvalue weighted by Crippen LogP contribution is -2.34. The van der Waals surface area contributed by atoms with Crippen LogP contribution < -0.4 is 4.90 Å². The Bertz CT molecular complexity index is 1170. The quantitative estimate of drug-likeness (QED) is 0.0800. The Balaban J connectivity index is 2.04. The van der Waals surface area contributed by atoms with Crippen LogP contribution in [0, 0.1) is 5.82 Å². The van der Waals surface area contributed by atoms with Gasteiger partial charge in [-0.3, -0.25) is 9.57 Å². The lowest BCUT2D eigenvalue weighted by Gasteiger charge is -2.34. The monoisotopic (exact) mass is 658 g/mol. The maximum absolute atomic E-state index is 13.7. The molecular formula is C21H21ClF4IN6O2P. The van der Waals surface area contributed by atoms with Crippen molar-refractivity contribution in [3.63, 3.8) is 0 Å². The van der Waals surface area contributed by atoms with Crippen LogP contribution in [0.25, 0.3) is 0 Å². The minimum absolute atomic E-state index is 0.0512. The SMILES string of the molecule is CN(/N=C\C(=C(\Cl)C=O)N1CCc2c(ncnc2N(CCO)c2ccc(F)cc2C(F)(F)F)C1)PI. The van der Waals surface area contributed by atoms with E-state index in [1.807, 2.05) is 0 Å². The number of rotatable bonds is 9. The molecule has 0 saturated carbocycles. The summed E-state index contributed by atoms with van der Waals surface area (Å²) in [5.74, 6) is -0.852. The molecule has 1 atom stereocenters. The largest absolute Gasteiger partial charge is 0.418 e. The fourth-order valence-electron chi connectivity index (χ4n) is 3.70. The maximum atomic E-state index is 13.7. The molecule has 0 aliphatic carbocycles. The first-order chi connectivity index (χ1) is 17.1. The van der Waals surface area contributed by atoms with E-state index in [9.17, 15) is 27.5 Å². The van der Waals surface area contributed by atoms with Crippen molar-refractivity contribution in [1.82, 2.24) is 19.6 Å². The van der Waals surface area contributed by atoms with E-state index >= 15 is 0 Å². The van der Waals surface area contributed by atoms with Crippen LogP contribution >= 0.6 is 40.0 Å². The number of benzene rings is 1. The molecular weight excluding hydrogens is 638 g/mol. The van der Waals surface area contributed by atoms with E-state index in [4.69, 9.17) is 11.6 Å². The molecule has 1 aliphatic rings. The van der Waals surface area contributed by atoms with Gasteiger partial charge in [0, 0.05) is 25.7 Å². The molecule has 8 nitrogen and oxygen atoms in total. The molecule has 1 aromatic carbocycles. The molecule has 36 heavy (non-hydrogen) atoms. The number of hydrogen-bond donors (Lipinski definition) is 1. The van der Waals surface area contributed by atoms with Crippen molar-refractivity contribution in [1.29, 1.82) is 0 Å². The van der Waals surface area contributed by atoms with Crippen LogP contribution in [-0.2, 0) is 23.9 Å². The van der Waals surface area contributed by atoms with E-state index in [0.717, 1.165) is 12.1 Å². The highest BCUT2D eigenvalue weighted by molar-refractivity contribution is 14.2. The van der Waals surface area contributed by atoms with Gasteiger partial charge in [-0.15, -0.1) is 0 Å². The first kappa shape index (κ1) is 28.5. The van der Waals surface area contributed by atoms with Crippen molar-refractivity contribution < 1.29 is 27.5 Å². The molecule has 2 aromatic rings. The number of carbonyl (C=O) groups excluding carboxylic acids is 1. The van der Waals surface area contributed by atoms with Gasteiger partial charge in [0.05, 0.1) is 48.4 Å². The standard InChI is InChI=1S/C21H21ClF4IN6O2P/c1-31(36-27)30-9-19(16(22)11-35)32-5-4-14-17(10-32)28-12-29-20(14)33(6-7-34)18-3-2-13(23)8-15(18)21(24,25)26/h2-3,8-9,11-12,34,36H,4-7,10H2,1H3/b19-16-,30-9-. The van der Waals surface area contributed by atoms with Crippen LogP contribution in [0.2, 0.25) is 0 Å². The minimum atomic E-state index is -4.83. The van der Waals surface area contributed by atoms with E-state index in [2.05, 4.69) is 37.1 Å². The minimum Gasteiger partial charge on any atom is -0.395 e. The molecule has 194 valence electrons. The summed E-state index contributed by atoms with van der Waals surface area (Å²) < 4.78 is 56.6. The Hall–Kier alpha value is -2.09. The highest BCUT2D eigenvalue weighted by Gasteiger charge is 2.37. The third kappa shape index (κ3) is 6.61. The van der Waals surface area contributed by atoms with Crippen LogP contribution in [0.15, 0.2) is 40.4 Å². The number of nitrogens with zero attached hydrogens (tertiary/aromatic N) is 6. The zero-order valence-corrected chi connectivity index (χ0v) is 22.7. The second-order valence-electron chi connectivity index (χ2n) is 7.53. The van der Waals surface area contributed by atoms with Crippen molar-refractivity contribution in [2.45, 2.75) is 19.1 Å². The average Bonchev–Trinajstić information content (AvgIpc) is 2.86. The number of aliphatic hydroxyl groups excluding tert-OH is 1. The van der Waals surface area contributed by atoms with Gasteiger partial charge in [-0.2, -0.15) is 18.3 Å². The fourth-order valence-corrected chi connectivity index (χ4v) is 4.35. The van der Waals surface area contributed by atoms with Gasteiger partial charge in [-0.05, 0) is 46.7 Å². The smallest absolute Gasteiger partial charge is 0.395 e. The fraction of sp³-hybridized carbons (Fsp3) is 0.333. The Kier molecular flexibility index (Phi) is 9.84. The second kappa shape index (κ2) is 12.4. The molecule has 1 unspecified atom stereocenters. The first-order valence-corrected chi connectivity index (χ1v) is 14.9. The lowest BCUT2D eigenvalue weighted by atomic mass is 10.0. The van der Waals surface area contributed by atoms with Crippen LogP contribution in [0.3, 0.4) is 0 Å². The zero-order valence-electron chi connectivity index (χ0n) is 18.8. The second-order valence-corrected chi connectivity index (χ2v) is 10.2. The van der Waals surface area contributed by atoms with Gasteiger partial charge in [-0.1, -0.05) is 11.6 Å². The summed E-state index contributed by atoms with van der Waals surface area (Å²) >= 11 is 8.30. The first-order valence-electron chi connectivity index (χ1n) is 10.4. The van der Waals surface area contributed by atoms with E-state index in [1.165, 1.54) is 17.4 Å². The number of aldehydes is 1. The summed E-state index contributed by atoms with van der Waals surface area (Å²) in [6.07, 6.45) is -0.968. The highest BCUT2D eigenvalue weighted by atomic mass is 127. The van der Waals surface area contributed by atoms with Crippen molar-refractivity contribution in [3.05, 3.63) is 57.9 Å². The summed E-state index contributed by atoms with van der Waals surface area (Å²) in [5.41, 5.74) is -0.0518. The summed E-state index contributed by atoms with van der Waals surface area (Å²) in [7, 11) is 1.76. The average molecular weight is 659 g/mol. The highest BCUT2D eigenvalue weighted by Crippen LogP contribution is 2.40. The number of hydrazone groups is 1. The summed E-state index contributed by atoms with van der Waals surface area (Å²) in [4.78, 5) is 22.9. The number of carbonyl (C=O) groups is 1. The van der Waals surface area contributed by atoms with Crippen LogP contribution in [0.5, 0.6) is 0 Å². The molecule has 0 bridgehead atoms. The van der Waals surface area contributed by atoms with E-state index < -0.39 is 24.2 Å². The van der Waals surface area contributed by atoms with Crippen LogP contribution in [0.1, 0.15) is 16.8 Å².